The molecule has 3 atom stereocenters. The highest BCUT2D eigenvalue weighted by Gasteiger charge is 2.37. The molecular weight excluding hydrogens is 433 g/mol. The van der Waals surface area contributed by atoms with Crippen LogP contribution in [0.5, 0.6) is 0 Å². The molecule has 1 aromatic rings. The lowest BCUT2D eigenvalue weighted by Gasteiger charge is -2.34. The van der Waals surface area contributed by atoms with Crippen LogP contribution in [0.15, 0.2) is 35.1 Å². The number of hydrogen-bond donors (Lipinski definition) is 2. The highest BCUT2D eigenvalue weighted by Crippen LogP contribution is 2.24. The highest BCUT2D eigenvalue weighted by atomic mass is 35.5. The third-order valence-electron chi connectivity index (χ3n) is 5.13. The first-order valence-electron chi connectivity index (χ1n) is 9.32. The lowest BCUT2D eigenvalue weighted by Crippen LogP contribution is -2.50. The number of aliphatic imine (C=N–C) groups is 1. The number of nitrogens with one attached hydrogen (secondary N) is 1. The number of benzene rings is 1. The van der Waals surface area contributed by atoms with Gasteiger partial charge in [-0.2, -0.15) is 0 Å². The van der Waals surface area contributed by atoms with Crippen LogP contribution >= 0.6 is 11.6 Å². The van der Waals surface area contributed by atoms with Gasteiger partial charge in [0.1, 0.15) is 5.82 Å². The summed E-state index contributed by atoms with van der Waals surface area (Å²) in [6.07, 6.45) is 3.05. The number of carbonyl (C=O) groups excluding carboxylic acids is 2. The third kappa shape index (κ3) is 4.65. The summed E-state index contributed by atoms with van der Waals surface area (Å²) in [4.78, 5) is 32.8. The molecule has 3 amide bonds. The normalized spacial score (nSPS) is 23.4. The number of likely N-dealkylation sites (tertiary alicyclic amines) is 1. The van der Waals surface area contributed by atoms with Crippen LogP contribution in [0.3, 0.4) is 0 Å². The molecule has 0 saturated carbocycles. The first kappa shape index (κ1) is 22.2. The van der Waals surface area contributed by atoms with E-state index >= 15 is 0 Å². The molecule has 1 saturated heterocycles. The maximum Gasteiger partial charge on any atom is 0.322 e. The molecule has 0 radical (unpaired) electrons. The van der Waals surface area contributed by atoms with Gasteiger partial charge in [0, 0.05) is 41.9 Å². The van der Waals surface area contributed by atoms with Crippen LogP contribution in [-0.2, 0) is 15.6 Å². The number of halogens is 2. The molecule has 2 heterocycles. The molecule has 0 bridgehead atoms. The molecule has 8 nitrogen and oxygen atoms in total. The second kappa shape index (κ2) is 9.13. The first-order valence-corrected chi connectivity index (χ1v) is 11.3. The summed E-state index contributed by atoms with van der Waals surface area (Å²) in [5, 5.41) is 2.34. The fraction of sp³-hybridized carbons (Fsp3) is 0.421. The molecule has 162 valence electrons. The maximum atomic E-state index is 13.3. The Kier molecular flexibility index (Phi) is 6.77. The van der Waals surface area contributed by atoms with Gasteiger partial charge in [0.25, 0.3) is 0 Å². The molecule has 3 rings (SSSR count). The number of carbonyl (C=O) groups is 2. The standard InChI is InChI=1S/C19H23ClFN5O3S/c1-11-8-23-16(17(7-22)26-9-13(30(2)29)6-18(26)27)10-25(11)19(28)24-12-3-4-15(21)14(20)5-12/h3-5,7,11,13H,6,8-10,22H2,1-2H3,(H,24,28)/t11-,13?,30?/m0/s1. The van der Waals surface area contributed by atoms with Crippen molar-refractivity contribution in [3.05, 3.63) is 40.9 Å². The average Bonchev–Trinajstić information content (AvgIpc) is 3.08. The smallest absolute Gasteiger partial charge is 0.322 e. The van der Waals surface area contributed by atoms with Crippen LogP contribution in [0.2, 0.25) is 5.02 Å². The van der Waals surface area contributed by atoms with Crippen molar-refractivity contribution in [2.24, 2.45) is 10.7 Å². The van der Waals surface area contributed by atoms with E-state index in [1.807, 2.05) is 6.92 Å². The molecule has 2 aliphatic heterocycles. The van der Waals surface area contributed by atoms with Crippen LogP contribution in [-0.4, -0.2) is 68.8 Å². The Hall–Kier alpha value is -2.46. The summed E-state index contributed by atoms with van der Waals surface area (Å²) in [7, 11) is -1.13. The SMILES string of the molecule is C[C@H]1CN=C(C(=CN)N2CC(S(C)=O)CC2=O)CN1C(=O)Nc1ccc(F)c(Cl)c1. The zero-order valence-corrected chi connectivity index (χ0v) is 18.2. The molecular formula is C19H23ClFN5O3S. The Labute approximate surface area is 181 Å². The second-order valence-electron chi connectivity index (χ2n) is 7.20. The summed E-state index contributed by atoms with van der Waals surface area (Å²) < 4.78 is 25.1. The van der Waals surface area contributed by atoms with Gasteiger partial charge < -0.3 is 20.9 Å². The van der Waals surface area contributed by atoms with E-state index in [1.54, 1.807) is 11.2 Å². The number of hydrogen-bond acceptors (Lipinski definition) is 5. The van der Waals surface area contributed by atoms with Gasteiger partial charge in [-0.1, -0.05) is 11.6 Å². The minimum absolute atomic E-state index is 0.0921. The number of nitrogens with two attached hydrogens (primary N) is 1. The molecule has 1 fully saturated rings. The van der Waals surface area contributed by atoms with Gasteiger partial charge in [-0.3, -0.25) is 14.0 Å². The Balaban J connectivity index is 1.75. The minimum Gasteiger partial charge on any atom is -0.403 e. The average molecular weight is 456 g/mol. The van der Waals surface area contributed by atoms with Crippen molar-refractivity contribution < 1.29 is 18.2 Å². The maximum absolute atomic E-state index is 13.3. The van der Waals surface area contributed by atoms with Crippen LogP contribution in [0.25, 0.3) is 0 Å². The van der Waals surface area contributed by atoms with Crippen molar-refractivity contribution in [2.75, 3.05) is 31.2 Å². The molecule has 3 N–H and O–H groups in total. The first-order chi connectivity index (χ1) is 14.2. The van der Waals surface area contributed by atoms with Gasteiger partial charge >= 0.3 is 6.03 Å². The Morgan fingerprint density at radius 1 is 1.47 bits per heavy atom. The molecule has 30 heavy (non-hydrogen) atoms. The lowest BCUT2D eigenvalue weighted by atomic mass is 10.1. The van der Waals surface area contributed by atoms with Gasteiger partial charge in [0.2, 0.25) is 5.91 Å². The predicted octanol–water partition coefficient (Wildman–Crippen LogP) is 1.94. The zero-order chi connectivity index (χ0) is 22.0. The van der Waals surface area contributed by atoms with Gasteiger partial charge in [0.05, 0.1) is 40.8 Å². The Morgan fingerprint density at radius 3 is 2.80 bits per heavy atom. The second-order valence-corrected chi connectivity index (χ2v) is 9.28. The van der Waals surface area contributed by atoms with Crippen molar-refractivity contribution in [2.45, 2.75) is 24.6 Å². The quantitative estimate of drug-likeness (QED) is 0.723. The van der Waals surface area contributed by atoms with Crippen molar-refractivity contribution in [3.8, 4) is 0 Å². The monoisotopic (exact) mass is 455 g/mol. The summed E-state index contributed by atoms with van der Waals surface area (Å²) in [6, 6.07) is 3.31. The molecule has 11 heteroatoms. The van der Waals surface area contributed by atoms with Gasteiger partial charge in [-0.25, -0.2) is 9.18 Å². The summed E-state index contributed by atoms with van der Waals surface area (Å²) in [5.74, 6) is -0.750. The number of nitrogens with zero attached hydrogens (tertiary/aromatic N) is 3. The van der Waals surface area contributed by atoms with Crippen LogP contribution < -0.4 is 11.1 Å². The van der Waals surface area contributed by atoms with E-state index in [0.717, 1.165) is 0 Å². The van der Waals surface area contributed by atoms with Crippen LogP contribution in [0, 0.1) is 5.82 Å². The fourth-order valence-corrected chi connectivity index (χ4v) is 4.30. The lowest BCUT2D eigenvalue weighted by molar-refractivity contribution is -0.125. The number of anilines is 1. The van der Waals surface area contributed by atoms with Crippen molar-refractivity contribution in [1.29, 1.82) is 0 Å². The molecule has 2 unspecified atom stereocenters. The minimum atomic E-state index is -1.13. The van der Waals surface area contributed by atoms with E-state index in [1.165, 1.54) is 29.3 Å². The van der Waals surface area contributed by atoms with Gasteiger partial charge in [0.15, 0.2) is 0 Å². The zero-order valence-electron chi connectivity index (χ0n) is 16.6. The van der Waals surface area contributed by atoms with Crippen molar-refractivity contribution in [1.82, 2.24) is 9.80 Å². The highest BCUT2D eigenvalue weighted by molar-refractivity contribution is 7.85. The third-order valence-corrected chi connectivity index (χ3v) is 6.68. The summed E-state index contributed by atoms with van der Waals surface area (Å²) in [6.45, 7) is 2.60. The van der Waals surface area contributed by atoms with E-state index in [9.17, 15) is 18.2 Å². The number of amides is 3. The van der Waals surface area contributed by atoms with Crippen molar-refractivity contribution >= 4 is 45.7 Å². The summed E-state index contributed by atoms with van der Waals surface area (Å²) in [5.41, 5.74) is 7.08. The molecule has 2 aliphatic rings. The molecule has 0 aliphatic carbocycles. The molecule has 1 aromatic carbocycles. The van der Waals surface area contributed by atoms with E-state index < -0.39 is 22.6 Å². The van der Waals surface area contributed by atoms with Crippen LogP contribution in [0.4, 0.5) is 14.9 Å². The van der Waals surface area contributed by atoms with Crippen LogP contribution in [0.1, 0.15) is 13.3 Å². The largest absolute Gasteiger partial charge is 0.403 e. The van der Waals surface area contributed by atoms with Crippen molar-refractivity contribution in [3.63, 3.8) is 0 Å². The van der Waals surface area contributed by atoms with E-state index in [-0.39, 0.29) is 35.2 Å². The van der Waals surface area contributed by atoms with Gasteiger partial charge in [-0.15, -0.1) is 0 Å². The van der Waals surface area contributed by atoms with E-state index in [2.05, 4.69) is 10.3 Å². The fourth-order valence-electron chi connectivity index (χ4n) is 3.38. The number of rotatable bonds is 4. The molecule has 0 spiro atoms. The van der Waals surface area contributed by atoms with E-state index in [4.69, 9.17) is 17.3 Å². The Morgan fingerprint density at radius 2 is 2.20 bits per heavy atom. The van der Waals surface area contributed by atoms with E-state index in [0.29, 0.717) is 30.2 Å². The summed E-state index contributed by atoms with van der Waals surface area (Å²) >= 11 is 5.78. The Bertz CT molecular complexity index is 954. The van der Waals surface area contributed by atoms with Gasteiger partial charge in [-0.05, 0) is 25.1 Å². The predicted molar refractivity (Wildman–Crippen MR) is 115 cm³/mol. The number of urea groups is 1. The molecule has 0 aromatic heterocycles. The topological polar surface area (TPSA) is 108 Å².